The van der Waals surface area contributed by atoms with Crippen LogP contribution in [0.3, 0.4) is 0 Å². The van der Waals surface area contributed by atoms with E-state index < -0.39 is 62.3 Å². The number of anilines is 1. The first-order valence-electron chi connectivity index (χ1n) is 20.0. The highest BCUT2D eigenvalue weighted by molar-refractivity contribution is 7.52. The number of imidazole rings is 1. The Balaban J connectivity index is 1.52. The van der Waals surface area contributed by atoms with Gasteiger partial charge >= 0.3 is 25.8 Å². The average molecular weight is 821 g/mol. The van der Waals surface area contributed by atoms with Crippen LogP contribution >= 0.6 is 7.75 Å². The number of esters is 2. The highest BCUT2D eigenvalue weighted by atomic mass is 31.2. The van der Waals surface area contributed by atoms with Crippen molar-refractivity contribution in [2.75, 3.05) is 12.3 Å². The number of para-hydroxylation sites is 1. The lowest BCUT2D eigenvalue weighted by Crippen LogP contribution is -2.47. The van der Waals surface area contributed by atoms with E-state index in [0.29, 0.717) is 25.7 Å². The van der Waals surface area contributed by atoms with Crippen LogP contribution in [0.25, 0.3) is 11.2 Å². The van der Waals surface area contributed by atoms with Gasteiger partial charge in [-0.2, -0.15) is 19.4 Å². The third-order valence-corrected chi connectivity index (χ3v) is 11.5. The minimum atomic E-state index is -4.58. The molecular formula is C42H54FN6O8P. The number of carbonyl (C=O) groups excluding carboxylic acids is 2. The van der Waals surface area contributed by atoms with Crippen molar-refractivity contribution in [3.63, 3.8) is 0 Å². The number of terminal acetylenes is 1. The maximum Gasteiger partial charge on any atom is 0.459 e. The number of nitrogen functional groups attached to an aromatic ring is 1. The Hall–Kier alpha value is -4.87. The molecule has 1 saturated heterocycles. The molecule has 3 N–H and O–H groups in total. The van der Waals surface area contributed by atoms with Crippen molar-refractivity contribution >= 4 is 36.7 Å². The molecule has 0 spiro atoms. The number of hydrogen-bond acceptors (Lipinski definition) is 12. The lowest BCUT2D eigenvalue weighted by Gasteiger charge is -2.32. The van der Waals surface area contributed by atoms with Crippen LogP contribution in [0.4, 0.5) is 10.2 Å². The molecule has 0 bridgehead atoms. The number of nitrogens with zero attached hydrogens (tertiary/aromatic N) is 4. The number of fused-ring (bicyclic) bond motifs is 1. The largest absolute Gasteiger partial charge is 0.461 e. The second kappa shape index (κ2) is 20.7. The molecule has 1 fully saturated rings. The van der Waals surface area contributed by atoms with Gasteiger partial charge in [0.05, 0.1) is 12.2 Å². The molecule has 2 aromatic heterocycles. The zero-order chi connectivity index (χ0) is 41.7. The molecule has 1 aliphatic heterocycles. The lowest BCUT2D eigenvalue weighted by molar-refractivity contribution is -0.163. The van der Waals surface area contributed by atoms with Crippen LogP contribution < -0.4 is 15.3 Å². The molecule has 58 heavy (non-hydrogen) atoms. The molecule has 3 heterocycles. The quantitative estimate of drug-likeness (QED) is 0.0339. The number of aromatic nitrogens is 4. The number of nitrogens with one attached hydrogen (secondary N) is 1. The van der Waals surface area contributed by atoms with E-state index >= 15 is 4.57 Å². The van der Waals surface area contributed by atoms with Crippen molar-refractivity contribution in [2.45, 2.75) is 122 Å². The van der Waals surface area contributed by atoms with E-state index in [9.17, 15) is 14.0 Å². The minimum absolute atomic E-state index is 0.0233. The van der Waals surface area contributed by atoms with Crippen molar-refractivity contribution < 1.29 is 41.8 Å². The summed E-state index contributed by atoms with van der Waals surface area (Å²) in [7, 11) is -4.58. The normalized spacial score (nSPS) is 19.5. The topological polar surface area (TPSA) is 179 Å². The first kappa shape index (κ1) is 44.2. The Morgan fingerprint density at radius 3 is 2.26 bits per heavy atom. The maximum atomic E-state index is 15.1. The Labute approximate surface area is 339 Å². The molecular weight excluding hydrogens is 766 g/mol. The van der Waals surface area contributed by atoms with E-state index in [1.165, 1.54) is 10.9 Å². The number of ether oxygens (including phenoxy) is 3. The second-order valence-corrected chi connectivity index (χ2v) is 16.1. The van der Waals surface area contributed by atoms with Crippen LogP contribution in [-0.2, 0) is 39.3 Å². The van der Waals surface area contributed by atoms with Gasteiger partial charge < -0.3 is 24.5 Å². The van der Waals surface area contributed by atoms with Crippen LogP contribution in [0.1, 0.15) is 97.3 Å². The highest BCUT2D eigenvalue weighted by Crippen LogP contribution is 2.49. The summed E-state index contributed by atoms with van der Waals surface area (Å²) < 4.78 is 61.9. The van der Waals surface area contributed by atoms with Crippen LogP contribution in [0.15, 0.2) is 67.0 Å². The standard InChI is InChI=1S/C42H54FN6O8P/c1-6-17-30(18-7-2)39(50)55-34-26-35(49-28-45-36-37(44)46-41(43)47-38(36)49)56-42(34,10-5)27-53-58(52,57-32-23-15-12-16-24-32)48-33(25-29-21-13-11-14-22-29)40(51)54-31(19-8-3)20-9-4/h5,11-16,21-24,28,30-31,33-35H,6-9,17-20,25-27H2,1-4H3,(H,48,52)(H2,44,46,47)/t33-,34?,35?,42?,58-/m0/s1. The molecule has 0 radical (unpaired) electrons. The summed E-state index contributed by atoms with van der Waals surface area (Å²) in [5.41, 5.74) is 4.98. The van der Waals surface area contributed by atoms with Crippen LogP contribution in [-0.4, -0.2) is 61.9 Å². The fourth-order valence-corrected chi connectivity index (χ4v) is 8.57. The van der Waals surface area contributed by atoms with Gasteiger partial charge in [0, 0.05) is 6.42 Å². The van der Waals surface area contributed by atoms with Crippen molar-refractivity contribution in [1.82, 2.24) is 24.6 Å². The monoisotopic (exact) mass is 820 g/mol. The molecule has 5 atom stereocenters. The van der Waals surface area contributed by atoms with Crippen molar-refractivity contribution in [3.05, 3.63) is 78.6 Å². The van der Waals surface area contributed by atoms with E-state index in [0.717, 1.165) is 31.2 Å². The molecule has 1 aliphatic rings. The Bertz CT molecular complexity index is 2040. The zero-order valence-electron chi connectivity index (χ0n) is 33.6. The van der Waals surface area contributed by atoms with Gasteiger partial charge in [-0.05, 0) is 49.8 Å². The molecule has 14 nitrogen and oxygen atoms in total. The van der Waals surface area contributed by atoms with Crippen molar-refractivity contribution in [2.24, 2.45) is 5.92 Å². The van der Waals surface area contributed by atoms with E-state index in [4.69, 9.17) is 35.4 Å². The van der Waals surface area contributed by atoms with Crippen LogP contribution in [0.2, 0.25) is 0 Å². The second-order valence-electron chi connectivity index (χ2n) is 14.4. The minimum Gasteiger partial charge on any atom is -0.461 e. The van der Waals surface area contributed by atoms with Gasteiger partial charge in [-0.3, -0.25) is 18.7 Å². The number of benzene rings is 2. The van der Waals surface area contributed by atoms with Crippen molar-refractivity contribution in [3.8, 4) is 18.1 Å². The highest BCUT2D eigenvalue weighted by Gasteiger charge is 2.53. The van der Waals surface area contributed by atoms with E-state index in [2.05, 4.69) is 26.0 Å². The molecule has 0 saturated carbocycles. The molecule has 0 aliphatic carbocycles. The summed E-state index contributed by atoms with van der Waals surface area (Å²) in [6, 6.07) is 16.3. The zero-order valence-corrected chi connectivity index (χ0v) is 34.4. The molecule has 3 unspecified atom stereocenters. The third kappa shape index (κ3) is 11.2. The first-order chi connectivity index (χ1) is 28.0. The Kier molecular flexibility index (Phi) is 15.8. The average Bonchev–Trinajstić information content (AvgIpc) is 3.79. The number of nitrogens with two attached hydrogens (primary N) is 1. The molecule has 312 valence electrons. The summed E-state index contributed by atoms with van der Waals surface area (Å²) in [6.45, 7) is 7.34. The number of rotatable bonds is 22. The number of carbonyl (C=O) groups is 2. The van der Waals surface area contributed by atoms with E-state index in [1.807, 2.05) is 58.0 Å². The van der Waals surface area contributed by atoms with Gasteiger partial charge in [0.25, 0.3) is 0 Å². The van der Waals surface area contributed by atoms with E-state index in [-0.39, 0.29) is 41.7 Å². The third-order valence-electron chi connectivity index (χ3n) is 9.93. The summed E-state index contributed by atoms with van der Waals surface area (Å²) >= 11 is 0. The summed E-state index contributed by atoms with van der Waals surface area (Å²) in [6.07, 6.45) is 9.61. The Morgan fingerprint density at radius 2 is 1.64 bits per heavy atom. The SMILES string of the molecule is C#CC1(CO[P@@](=O)(N[C@@H](Cc2ccccc2)C(=O)OC(CCC)CCC)Oc2ccccc2)OC(n2cnc3c(N)nc(F)nc32)CC1OC(=O)C(CCC)CCC. The fourth-order valence-electron chi connectivity index (χ4n) is 7.05. The molecule has 4 aromatic rings. The van der Waals surface area contributed by atoms with Gasteiger partial charge in [-0.25, -0.2) is 9.55 Å². The van der Waals surface area contributed by atoms with Gasteiger partial charge in [0.1, 0.15) is 36.8 Å². The number of halogens is 1. The van der Waals surface area contributed by atoms with E-state index in [1.54, 1.807) is 30.3 Å². The number of hydrogen-bond donors (Lipinski definition) is 2. The first-order valence-corrected chi connectivity index (χ1v) is 21.5. The maximum absolute atomic E-state index is 15.1. The Morgan fingerprint density at radius 1 is 1.00 bits per heavy atom. The molecule has 5 rings (SSSR count). The van der Waals surface area contributed by atoms with Gasteiger partial charge in [-0.1, -0.05) is 108 Å². The smallest absolute Gasteiger partial charge is 0.459 e. The lowest BCUT2D eigenvalue weighted by atomic mass is 9.96. The van der Waals surface area contributed by atoms with Gasteiger partial charge in [-0.15, -0.1) is 6.42 Å². The molecule has 2 aromatic carbocycles. The van der Waals surface area contributed by atoms with Crippen LogP contribution in [0.5, 0.6) is 5.75 Å². The molecule has 0 amide bonds. The van der Waals surface area contributed by atoms with Crippen molar-refractivity contribution in [1.29, 1.82) is 0 Å². The predicted octanol–water partition coefficient (Wildman–Crippen LogP) is 7.88. The summed E-state index contributed by atoms with van der Waals surface area (Å²) in [5.74, 6) is 1.09. The fraction of sp³-hybridized carbons (Fsp3) is 0.500. The summed E-state index contributed by atoms with van der Waals surface area (Å²) in [5, 5.41) is 2.88. The van der Waals surface area contributed by atoms with Crippen LogP contribution in [0, 0.1) is 24.3 Å². The summed E-state index contributed by atoms with van der Waals surface area (Å²) in [4.78, 5) is 39.5. The van der Waals surface area contributed by atoms with Gasteiger partial charge in [0.15, 0.2) is 22.6 Å². The molecule has 16 heteroatoms. The van der Waals surface area contributed by atoms with Gasteiger partial charge in [0.2, 0.25) is 0 Å². The predicted molar refractivity (Wildman–Crippen MR) is 217 cm³/mol.